The fraction of sp³-hybridized carbons (Fsp3) is 0.316. The van der Waals surface area contributed by atoms with Gasteiger partial charge < -0.3 is 4.74 Å². The zero-order valence-electron chi connectivity index (χ0n) is 14.3. The number of carbonyl (C=O) groups is 2. The molecule has 4 atom stereocenters. The predicted molar refractivity (Wildman–Crippen MR) is 93.0 cm³/mol. The van der Waals surface area contributed by atoms with E-state index in [4.69, 9.17) is 4.74 Å². The first kappa shape index (κ1) is 15.3. The van der Waals surface area contributed by atoms with Gasteiger partial charge >= 0.3 is 0 Å². The average molecular weight is 351 g/mol. The van der Waals surface area contributed by atoms with Gasteiger partial charge in [0.25, 0.3) is 5.56 Å². The molecule has 2 saturated heterocycles. The summed E-state index contributed by atoms with van der Waals surface area (Å²) >= 11 is 0. The number of ether oxygens (including phenoxy) is 1. The van der Waals surface area contributed by atoms with Crippen LogP contribution < -0.4 is 10.5 Å². The van der Waals surface area contributed by atoms with Crippen molar-refractivity contribution in [3.05, 3.63) is 58.5 Å². The molecule has 1 aromatic heterocycles. The van der Waals surface area contributed by atoms with Crippen molar-refractivity contribution >= 4 is 17.5 Å². The fourth-order valence-corrected chi connectivity index (χ4v) is 4.34. The largest absolute Gasteiger partial charge is 0.365 e. The summed E-state index contributed by atoms with van der Waals surface area (Å²) in [6, 6.07) is 9.15. The van der Waals surface area contributed by atoms with E-state index < -0.39 is 11.8 Å². The molecule has 5 rings (SSSR count). The van der Waals surface area contributed by atoms with Crippen LogP contribution in [-0.4, -0.2) is 33.4 Å². The number of amides is 2. The van der Waals surface area contributed by atoms with Gasteiger partial charge in [-0.15, -0.1) is 0 Å². The van der Waals surface area contributed by atoms with Crippen molar-refractivity contribution < 1.29 is 14.3 Å². The van der Waals surface area contributed by atoms with Gasteiger partial charge in [-0.2, -0.15) is 0 Å². The number of anilines is 1. The number of benzene rings is 1. The van der Waals surface area contributed by atoms with Crippen molar-refractivity contribution in [2.75, 3.05) is 4.90 Å². The Morgan fingerprint density at radius 2 is 1.50 bits per heavy atom. The van der Waals surface area contributed by atoms with Crippen LogP contribution in [0.5, 0.6) is 0 Å². The van der Waals surface area contributed by atoms with Crippen molar-refractivity contribution in [3.63, 3.8) is 0 Å². The van der Waals surface area contributed by atoms with Crippen LogP contribution in [0.3, 0.4) is 0 Å². The molecule has 2 fully saturated rings. The molecule has 0 spiro atoms. The summed E-state index contributed by atoms with van der Waals surface area (Å²) in [5.41, 5.74) is 1.01. The number of para-hydroxylation sites is 1. The van der Waals surface area contributed by atoms with E-state index in [-0.39, 0.29) is 35.3 Å². The monoisotopic (exact) mass is 351 g/mol. The van der Waals surface area contributed by atoms with E-state index in [2.05, 4.69) is 0 Å². The number of imide groups is 1. The molecule has 7 heteroatoms. The molecule has 7 nitrogen and oxygen atoms in total. The van der Waals surface area contributed by atoms with E-state index in [0.29, 0.717) is 11.4 Å². The van der Waals surface area contributed by atoms with E-state index >= 15 is 0 Å². The first-order valence-corrected chi connectivity index (χ1v) is 8.56. The minimum Gasteiger partial charge on any atom is -0.365 e. The van der Waals surface area contributed by atoms with Crippen LogP contribution in [0.15, 0.2) is 47.3 Å². The Morgan fingerprint density at radius 3 is 2.08 bits per heavy atom. The van der Waals surface area contributed by atoms with Crippen molar-refractivity contribution in [2.24, 2.45) is 18.9 Å². The quantitative estimate of drug-likeness (QED) is 0.596. The van der Waals surface area contributed by atoms with Gasteiger partial charge in [-0.1, -0.05) is 30.4 Å². The van der Waals surface area contributed by atoms with Gasteiger partial charge in [0.2, 0.25) is 11.8 Å². The van der Waals surface area contributed by atoms with Crippen molar-refractivity contribution in [1.29, 1.82) is 0 Å². The summed E-state index contributed by atoms with van der Waals surface area (Å²) in [4.78, 5) is 40.2. The van der Waals surface area contributed by atoms with Crippen LogP contribution in [0.2, 0.25) is 0 Å². The molecule has 4 heterocycles. The lowest BCUT2D eigenvalue weighted by Crippen LogP contribution is -2.38. The normalized spacial score (nSPS) is 29.1. The molecular formula is C19H17N3O4. The molecule has 0 N–H and O–H groups in total. The SMILES string of the molecule is Cc1c(N2C(=O)[C@@H]3[C@H](C2=O)[C@@H]2C=C[C@H]3O2)c(=O)n(-c2ccccc2)n1C. The third-order valence-corrected chi connectivity index (χ3v) is 5.66. The summed E-state index contributed by atoms with van der Waals surface area (Å²) in [6.45, 7) is 1.74. The first-order valence-electron chi connectivity index (χ1n) is 8.56. The third kappa shape index (κ3) is 1.73. The van der Waals surface area contributed by atoms with Crippen LogP contribution >= 0.6 is 0 Å². The predicted octanol–water partition coefficient (Wildman–Crippen LogP) is 0.927. The van der Waals surface area contributed by atoms with Crippen LogP contribution in [0.4, 0.5) is 5.69 Å². The minimum absolute atomic E-state index is 0.139. The number of carbonyl (C=O) groups excluding carboxylic acids is 2. The van der Waals surface area contributed by atoms with Crippen LogP contribution in [0.25, 0.3) is 5.69 Å². The summed E-state index contributed by atoms with van der Waals surface area (Å²) < 4.78 is 8.80. The van der Waals surface area contributed by atoms with Crippen LogP contribution in [0, 0.1) is 18.8 Å². The van der Waals surface area contributed by atoms with Gasteiger partial charge in [0.15, 0.2) is 0 Å². The molecule has 0 unspecified atom stereocenters. The molecule has 0 aliphatic carbocycles. The van der Waals surface area contributed by atoms with Crippen molar-refractivity contribution in [3.8, 4) is 5.69 Å². The number of fused-ring (bicyclic) bond motifs is 5. The molecule has 0 radical (unpaired) electrons. The first-order chi connectivity index (χ1) is 12.5. The maximum atomic E-state index is 13.1. The molecule has 2 aromatic rings. The molecule has 26 heavy (non-hydrogen) atoms. The second-order valence-corrected chi connectivity index (χ2v) is 6.92. The summed E-state index contributed by atoms with van der Waals surface area (Å²) in [7, 11) is 1.74. The molecule has 1 aromatic carbocycles. The Bertz CT molecular complexity index is 1000. The van der Waals surface area contributed by atoms with Gasteiger partial charge in [-0.25, -0.2) is 9.58 Å². The minimum atomic E-state index is -0.526. The zero-order chi connectivity index (χ0) is 18.2. The lowest BCUT2D eigenvalue weighted by Gasteiger charge is -2.16. The molecular weight excluding hydrogens is 334 g/mol. The Labute approximate surface area is 149 Å². The highest BCUT2D eigenvalue weighted by atomic mass is 16.5. The Morgan fingerprint density at radius 1 is 0.923 bits per heavy atom. The number of hydrogen-bond acceptors (Lipinski definition) is 4. The topological polar surface area (TPSA) is 73.5 Å². The van der Waals surface area contributed by atoms with Gasteiger partial charge in [0.1, 0.15) is 5.69 Å². The van der Waals surface area contributed by atoms with E-state index in [1.54, 1.807) is 18.7 Å². The Kier molecular flexibility index (Phi) is 2.98. The Hall–Kier alpha value is -2.93. The highest BCUT2D eigenvalue weighted by Gasteiger charge is 2.61. The molecule has 0 saturated carbocycles. The van der Waals surface area contributed by atoms with Crippen molar-refractivity contribution in [2.45, 2.75) is 19.1 Å². The molecule has 2 bridgehead atoms. The van der Waals surface area contributed by atoms with E-state index in [0.717, 1.165) is 4.90 Å². The van der Waals surface area contributed by atoms with Gasteiger partial charge in [0.05, 0.1) is 35.4 Å². The van der Waals surface area contributed by atoms with Gasteiger partial charge in [0, 0.05) is 7.05 Å². The molecule has 2 amide bonds. The van der Waals surface area contributed by atoms with E-state index in [1.807, 2.05) is 42.5 Å². The number of nitrogens with zero attached hydrogens (tertiary/aromatic N) is 3. The summed E-state index contributed by atoms with van der Waals surface area (Å²) in [5.74, 6) is -1.74. The highest BCUT2D eigenvalue weighted by molar-refractivity contribution is 6.23. The molecule has 3 aliphatic rings. The smallest absolute Gasteiger partial charge is 0.296 e. The zero-order valence-corrected chi connectivity index (χ0v) is 14.3. The fourth-order valence-electron chi connectivity index (χ4n) is 4.34. The van der Waals surface area contributed by atoms with Crippen LogP contribution in [0.1, 0.15) is 5.69 Å². The number of aromatic nitrogens is 2. The number of rotatable bonds is 2. The van der Waals surface area contributed by atoms with E-state index in [9.17, 15) is 14.4 Å². The average Bonchev–Trinajstić information content (AvgIpc) is 3.36. The van der Waals surface area contributed by atoms with Gasteiger partial charge in [-0.05, 0) is 19.1 Å². The lowest BCUT2D eigenvalue weighted by atomic mass is 9.85. The maximum Gasteiger partial charge on any atom is 0.296 e. The summed E-state index contributed by atoms with van der Waals surface area (Å²) in [6.07, 6.45) is 2.93. The van der Waals surface area contributed by atoms with Gasteiger partial charge in [-0.3, -0.25) is 19.1 Å². The molecule has 132 valence electrons. The Balaban J connectivity index is 1.66. The second-order valence-electron chi connectivity index (χ2n) is 6.92. The third-order valence-electron chi connectivity index (χ3n) is 5.66. The lowest BCUT2D eigenvalue weighted by molar-refractivity contribution is -0.124. The molecule has 3 aliphatic heterocycles. The van der Waals surface area contributed by atoms with Crippen molar-refractivity contribution in [1.82, 2.24) is 9.36 Å². The number of hydrogen-bond donors (Lipinski definition) is 0. The van der Waals surface area contributed by atoms with Crippen LogP contribution in [-0.2, 0) is 21.4 Å². The maximum absolute atomic E-state index is 13.1. The summed E-state index contributed by atoms with van der Waals surface area (Å²) in [5, 5.41) is 0. The highest BCUT2D eigenvalue weighted by Crippen LogP contribution is 2.46. The standard InChI is InChI=1S/C19H17N3O4/c1-10-16(19(25)22(20(10)2)11-6-4-3-5-7-11)21-17(23)14-12-8-9-13(26-12)15(14)18(21)24/h3-9,12-15H,1-2H3/t12-,13+,14+,15-. The van der Waals surface area contributed by atoms with E-state index in [1.165, 1.54) is 4.68 Å². The second kappa shape index (κ2) is 5.04.